The van der Waals surface area contributed by atoms with Crippen LogP contribution < -0.4 is 5.43 Å². The smallest absolute Gasteiger partial charge is 0.269 e. The van der Waals surface area contributed by atoms with Crippen LogP contribution in [0.3, 0.4) is 0 Å². The first kappa shape index (κ1) is 13.2. The molecule has 0 radical (unpaired) electrons. The van der Waals surface area contributed by atoms with E-state index in [4.69, 9.17) is 0 Å². The second kappa shape index (κ2) is 5.32. The van der Waals surface area contributed by atoms with Gasteiger partial charge in [-0.15, -0.1) is 0 Å². The Morgan fingerprint density at radius 1 is 1.14 bits per heavy atom. The van der Waals surface area contributed by atoms with Gasteiger partial charge in [-0.25, -0.2) is 4.39 Å². The lowest BCUT2D eigenvalue weighted by Gasteiger charge is -2.09. The van der Waals surface area contributed by atoms with Gasteiger partial charge in [-0.2, -0.15) is 5.10 Å². The number of hydrogen-bond acceptors (Lipinski definition) is 4. The zero-order valence-electron chi connectivity index (χ0n) is 11.0. The summed E-state index contributed by atoms with van der Waals surface area (Å²) < 4.78 is 12.9. The van der Waals surface area contributed by atoms with E-state index in [0.717, 1.165) is 16.8 Å². The third-order valence-corrected chi connectivity index (χ3v) is 3.44. The number of hydrogen-bond donors (Lipinski definition) is 1. The maximum atomic E-state index is 12.9. The summed E-state index contributed by atoms with van der Waals surface area (Å²) in [6, 6.07) is 12.6. The Morgan fingerprint density at radius 2 is 1.81 bits per heavy atom. The van der Waals surface area contributed by atoms with Crippen LogP contribution in [0.5, 0.6) is 0 Å². The molecule has 0 aromatic heterocycles. The molecule has 6 heteroatoms. The summed E-state index contributed by atoms with van der Waals surface area (Å²) in [4.78, 5) is 10.2. The quantitative estimate of drug-likeness (QED) is 0.695. The molecule has 0 spiro atoms. The van der Waals surface area contributed by atoms with Crippen LogP contribution in [0.2, 0.25) is 0 Å². The van der Waals surface area contributed by atoms with E-state index in [0.29, 0.717) is 6.42 Å². The number of hydrazone groups is 1. The third-order valence-electron chi connectivity index (χ3n) is 3.44. The van der Waals surface area contributed by atoms with Gasteiger partial charge in [-0.1, -0.05) is 12.1 Å². The number of rotatable bonds is 3. The van der Waals surface area contributed by atoms with Crippen molar-refractivity contribution in [3.8, 4) is 0 Å². The van der Waals surface area contributed by atoms with Gasteiger partial charge in [0.15, 0.2) is 0 Å². The average Bonchev–Trinajstić information content (AvgIpc) is 2.98. The first-order chi connectivity index (χ1) is 10.1. The maximum Gasteiger partial charge on any atom is 0.269 e. The Balaban J connectivity index is 1.74. The van der Waals surface area contributed by atoms with Crippen molar-refractivity contribution in [2.75, 3.05) is 0 Å². The normalized spacial score (nSPS) is 17.2. The number of nitrogens with one attached hydrogen (secondary N) is 1. The van der Waals surface area contributed by atoms with Crippen LogP contribution in [0.25, 0.3) is 0 Å². The molecule has 0 aliphatic carbocycles. The Kier molecular flexibility index (Phi) is 3.35. The van der Waals surface area contributed by atoms with Crippen LogP contribution in [0.4, 0.5) is 10.1 Å². The molecule has 1 aliphatic rings. The molecule has 0 unspecified atom stereocenters. The fraction of sp³-hybridized carbons (Fsp3) is 0.133. The number of nitrogens with zero attached hydrogens (tertiary/aromatic N) is 2. The van der Waals surface area contributed by atoms with Crippen LogP contribution in [-0.4, -0.2) is 10.6 Å². The molecule has 1 heterocycles. The van der Waals surface area contributed by atoms with E-state index in [1.165, 1.54) is 24.3 Å². The van der Waals surface area contributed by atoms with Gasteiger partial charge >= 0.3 is 0 Å². The second-order valence-electron chi connectivity index (χ2n) is 4.80. The largest absolute Gasteiger partial charge is 0.302 e. The van der Waals surface area contributed by atoms with Crippen molar-refractivity contribution < 1.29 is 9.31 Å². The van der Waals surface area contributed by atoms with Crippen LogP contribution in [-0.2, 0) is 0 Å². The molecular weight excluding hydrogens is 273 g/mol. The van der Waals surface area contributed by atoms with Gasteiger partial charge in [-0.3, -0.25) is 10.1 Å². The van der Waals surface area contributed by atoms with Gasteiger partial charge < -0.3 is 5.43 Å². The van der Waals surface area contributed by atoms with Crippen molar-refractivity contribution in [2.45, 2.75) is 12.5 Å². The molecule has 21 heavy (non-hydrogen) atoms. The van der Waals surface area contributed by atoms with Crippen molar-refractivity contribution in [1.82, 2.24) is 5.43 Å². The van der Waals surface area contributed by atoms with Crippen molar-refractivity contribution in [1.29, 1.82) is 0 Å². The van der Waals surface area contributed by atoms with E-state index in [9.17, 15) is 14.5 Å². The summed E-state index contributed by atoms with van der Waals surface area (Å²) in [5.74, 6) is -0.270. The average molecular weight is 285 g/mol. The Bertz CT molecular complexity index is 696. The number of non-ortho nitro benzene ring substituents is 1. The first-order valence-electron chi connectivity index (χ1n) is 6.46. The van der Waals surface area contributed by atoms with Crippen LogP contribution in [0, 0.1) is 15.9 Å². The summed E-state index contributed by atoms with van der Waals surface area (Å²) in [6.45, 7) is 0. The Labute approximate surface area is 120 Å². The molecule has 5 nitrogen and oxygen atoms in total. The zero-order chi connectivity index (χ0) is 14.8. The Hall–Kier alpha value is -2.76. The van der Waals surface area contributed by atoms with Crippen molar-refractivity contribution in [2.24, 2.45) is 5.10 Å². The third kappa shape index (κ3) is 2.74. The zero-order valence-corrected chi connectivity index (χ0v) is 11.0. The molecule has 0 bridgehead atoms. The standard InChI is InChI=1S/C15H12FN3O2/c16-12-5-1-10(2-6-12)14-9-15(18-17-14)11-3-7-13(8-4-11)19(20)21/h1-8,14,17H,9H2/t14-/m0/s1. The van der Waals surface area contributed by atoms with Crippen LogP contribution in [0.15, 0.2) is 53.6 Å². The molecule has 2 aromatic rings. The number of benzene rings is 2. The summed E-state index contributed by atoms with van der Waals surface area (Å²) in [5.41, 5.74) is 5.70. The molecule has 0 fully saturated rings. The van der Waals surface area contributed by atoms with E-state index >= 15 is 0 Å². The van der Waals surface area contributed by atoms with Crippen molar-refractivity contribution in [3.05, 3.63) is 75.6 Å². The van der Waals surface area contributed by atoms with E-state index in [2.05, 4.69) is 10.5 Å². The van der Waals surface area contributed by atoms with Gasteiger partial charge in [0, 0.05) is 18.6 Å². The van der Waals surface area contributed by atoms with Crippen LogP contribution in [0.1, 0.15) is 23.6 Å². The predicted molar refractivity (Wildman–Crippen MR) is 76.5 cm³/mol. The maximum absolute atomic E-state index is 12.9. The minimum Gasteiger partial charge on any atom is -0.302 e. The molecule has 0 saturated heterocycles. The SMILES string of the molecule is O=[N+]([O-])c1ccc(C2=NN[C@H](c3ccc(F)cc3)C2)cc1. The number of halogens is 1. The lowest BCUT2D eigenvalue weighted by Crippen LogP contribution is -2.09. The second-order valence-corrected chi connectivity index (χ2v) is 4.80. The molecule has 106 valence electrons. The van der Waals surface area contributed by atoms with Crippen molar-refractivity contribution in [3.63, 3.8) is 0 Å². The van der Waals surface area contributed by atoms with Gasteiger partial charge in [-0.05, 0) is 35.4 Å². The number of nitro groups is 1. The van der Waals surface area contributed by atoms with E-state index < -0.39 is 4.92 Å². The lowest BCUT2D eigenvalue weighted by atomic mass is 9.99. The van der Waals surface area contributed by atoms with Crippen LogP contribution >= 0.6 is 0 Å². The van der Waals surface area contributed by atoms with Gasteiger partial charge in [0.2, 0.25) is 0 Å². The topological polar surface area (TPSA) is 67.5 Å². The van der Waals surface area contributed by atoms with E-state index in [1.807, 2.05) is 0 Å². The summed E-state index contributed by atoms with van der Waals surface area (Å²) in [5, 5.41) is 14.9. The molecule has 0 saturated carbocycles. The predicted octanol–water partition coefficient (Wildman–Crippen LogP) is 3.17. The fourth-order valence-corrected chi connectivity index (χ4v) is 2.29. The summed E-state index contributed by atoms with van der Waals surface area (Å²) >= 11 is 0. The number of nitro benzene ring substituents is 1. The summed E-state index contributed by atoms with van der Waals surface area (Å²) in [7, 11) is 0. The van der Waals surface area contributed by atoms with Gasteiger partial charge in [0.25, 0.3) is 5.69 Å². The lowest BCUT2D eigenvalue weighted by molar-refractivity contribution is -0.384. The molecule has 0 amide bonds. The molecule has 1 atom stereocenters. The molecular formula is C15H12FN3O2. The molecule has 3 rings (SSSR count). The fourth-order valence-electron chi connectivity index (χ4n) is 2.29. The van der Waals surface area contributed by atoms with Gasteiger partial charge in [0.1, 0.15) is 5.82 Å². The highest BCUT2D eigenvalue weighted by atomic mass is 19.1. The van der Waals surface area contributed by atoms with E-state index in [1.54, 1.807) is 24.3 Å². The summed E-state index contributed by atoms with van der Waals surface area (Å²) in [6.07, 6.45) is 0.656. The first-order valence-corrected chi connectivity index (χ1v) is 6.46. The van der Waals surface area contributed by atoms with Crippen molar-refractivity contribution >= 4 is 11.4 Å². The highest BCUT2D eigenvalue weighted by Gasteiger charge is 2.21. The molecule has 2 aromatic carbocycles. The minimum absolute atomic E-state index is 0.00390. The highest BCUT2D eigenvalue weighted by Crippen LogP contribution is 2.25. The highest BCUT2D eigenvalue weighted by molar-refractivity contribution is 6.01. The molecule has 1 aliphatic heterocycles. The monoisotopic (exact) mass is 285 g/mol. The van der Waals surface area contributed by atoms with E-state index in [-0.39, 0.29) is 17.5 Å². The molecule has 1 N–H and O–H groups in total. The van der Waals surface area contributed by atoms with Gasteiger partial charge in [0.05, 0.1) is 16.7 Å². The Morgan fingerprint density at radius 3 is 2.43 bits per heavy atom. The minimum atomic E-state index is -0.431.